The zero-order valence-electron chi connectivity index (χ0n) is 36.2. The molecule has 3 aromatic rings. The molecule has 3 N–H and O–H groups in total. The summed E-state index contributed by atoms with van der Waals surface area (Å²) in [5.74, 6) is -0.439. The number of ketones is 1. The molecule has 3 aromatic carbocycles. The Hall–Kier alpha value is -4.51. The topological polar surface area (TPSA) is 186 Å². The summed E-state index contributed by atoms with van der Waals surface area (Å²) in [4.78, 5) is 14.0. The summed E-state index contributed by atoms with van der Waals surface area (Å²) in [5.41, 5.74) is 8.20. The molecule has 0 atom stereocenters. The summed E-state index contributed by atoms with van der Waals surface area (Å²) < 4.78 is 103. The van der Waals surface area contributed by atoms with E-state index in [2.05, 4.69) is 43.6 Å². The van der Waals surface area contributed by atoms with Gasteiger partial charge in [0.25, 0.3) is 30.4 Å². The molecule has 0 unspecified atom stereocenters. The summed E-state index contributed by atoms with van der Waals surface area (Å²) in [7, 11) is -13.1. The van der Waals surface area contributed by atoms with Crippen molar-refractivity contribution in [1.82, 2.24) is 0 Å². The summed E-state index contributed by atoms with van der Waals surface area (Å²) >= 11 is 0. The van der Waals surface area contributed by atoms with Gasteiger partial charge in [-0.1, -0.05) is 63.6 Å². The Morgan fingerprint density at radius 1 is 0.758 bits per heavy atom. The molecule has 0 aromatic heterocycles. The first-order valence-corrected chi connectivity index (χ1v) is 25.5. The maximum atomic E-state index is 12.3. The molecular weight excluding hydrogens is 849 g/mol. The fraction of sp³-hybridized carbons (Fsp3) is 0.404. The SMILES string of the molecule is CCCCC[N+]1=C(C=CC2=C(c3ccc(C(C)=O)cc3)C(=CC=C3N(CCCCS(=O)(=O)O)c4ccc(S(=O)(=O)O)cc4C3(C)C)CCC2)C(C)(C)c2cc(S(=O)(=O)O)ccc21. The second-order valence-electron chi connectivity index (χ2n) is 17.4. The third-order valence-corrected chi connectivity index (χ3v) is 14.8. The zero-order valence-corrected chi connectivity index (χ0v) is 38.6. The minimum absolute atomic E-state index is 0.0496. The van der Waals surface area contributed by atoms with Gasteiger partial charge in [-0.15, -0.1) is 0 Å². The molecular formula is C47H57N2O10S3+. The highest BCUT2D eigenvalue weighted by Crippen LogP contribution is 2.49. The van der Waals surface area contributed by atoms with E-state index in [0.29, 0.717) is 24.1 Å². The molecule has 0 amide bonds. The lowest BCUT2D eigenvalue weighted by Crippen LogP contribution is -2.28. The van der Waals surface area contributed by atoms with Gasteiger partial charge in [0.1, 0.15) is 6.54 Å². The molecule has 0 saturated heterocycles. The minimum atomic E-state index is -4.50. The van der Waals surface area contributed by atoms with E-state index in [4.69, 9.17) is 0 Å². The number of benzene rings is 3. The van der Waals surface area contributed by atoms with Gasteiger partial charge in [-0.25, -0.2) is 0 Å². The van der Waals surface area contributed by atoms with E-state index >= 15 is 0 Å². The van der Waals surface area contributed by atoms with Crippen molar-refractivity contribution >= 4 is 58.8 Å². The lowest BCUT2D eigenvalue weighted by Gasteiger charge is -2.28. The van der Waals surface area contributed by atoms with Crippen LogP contribution < -0.4 is 4.90 Å². The summed E-state index contributed by atoms with van der Waals surface area (Å²) in [6.45, 7) is 12.8. The Bertz CT molecular complexity index is 2780. The highest BCUT2D eigenvalue weighted by Gasteiger charge is 2.45. The normalized spacial score (nSPS) is 19.0. The molecule has 2 heterocycles. The quantitative estimate of drug-likeness (QED) is 0.0538. The molecule has 1 aliphatic carbocycles. The van der Waals surface area contributed by atoms with E-state index in [-0.39, 0.29) is 27.7 Å². The lowest BCUT2D eigenvalue weighted by molar-refractivity contribution is -0.438. The van der Waals surface area contributed by atoms with Crippen molar-refractivity contribution in [2.45, 2.75) is 114 Å². The van der Waals surface area contributed by atoms with Crippen LogP contribution in [0, 0.1) is 0 Å². The number of nitrogens with zero attached hydrogens (tertiary/aromatic N) is 2. The fourth-order valence-electron chi connectivity index (χ4n) is 9.05. The molecule has 15 heteroatoms. The van der Waals surface area contributed by atoms with Crippen molar-refractivity contribution in [2.24, 2.45) is 0 Å². The molecule has 0 fully saturated rings. The van der Waals surface area contributed by atoms with Crippen molar-refractivity contribution in [2.75, 3.05) is 23.7 Å². The van der Waals surface area contributed by atoms with E-state index < -0.39 is 41.2 Å². The van der Waals surface area contributed by atoms with Gasteiger partial charge in [0, 0.05) is 53.0 Å². The van der Waals surface area contributed by atoms with Gasteiger partial charge >= 0.3 is 0 Å². The maximum Gasteiger partial charge on any atom is 0.294 e. The Labute approximate surface area is 366 Å². The van der Waals surface area contributed by atoms with Gasteiger partial charge in [-0.05, 0) is 124 Å². The van der Waals surface area contributed by atoms with Crippen molar-refractivity contribution in [3.8, 4) is 0 Å². The first kappa shape index (κ1) is 47.0. The predicted molar refractivity (Wildman–Crippen MR) is 243 cm³/mol. The highest BCUT2D eigenvalue weighted by atomic mass is 32.2. The Balaban J connectivity index is 1.50. The Kier molecular flexibility index (Phi) is 13.6. The molecule has 6 rings (SSSR count). The number of Topliss-reactive ketones (excluding diaryl/α,β-unsaturated/α-hetero) is 1. The number of carbonyl (C=O) groups is 1. The van der Waals surface area contributed by atoms with Crippen LogP contribution in [0.5, 0.6) is 0 Å². The first-order chi connectivity index (χ1) is 28.9. The molecule has 0 spiro atoms. The minimum Gasteiger partial charge on any atom is -0.344 e. The molecule has 3 aliphatic rings. The average Bonchev–Trinajstić information content (AvgIpc) is 3.54. The molecule has 0 saturated carbocycles. The number of carbonyl (C=O) groups excluding carboxylic acids is 1. The number of unbranched alkanes of at least 4 members (excludes halogenated alkanes) is 3. The van der Waals surface area contributed by atoms with Crippen molar-refractivity contribution in [3.63, 3.8) is 0 Å². The van der Waals surface area contributed by atoms with Crippen LogP contribution in [0.1, 0.15) is 120 Å². The number of fused-ring (bicyclic) bond motifs is 2. The van der Waals surface area contributed by atoms with Gasteiger partial charge in [0.05, 0.1) is 21.0 Å². The average molecular weight is 906 g/mol. The van der Waals surface area contributed by atoms with Gasteiger partial charge in [0.15, 0.2) is 11.5 Å². The third-order valence-electron chi connectivity index (χ3n) is 12.3. The van der Waals surface area contributed by atoms with Gasteiger partial charge in [-0.3, -0.25) is 18.5 Å². The van der Waals surface area contributed by atoms with Crippen LogP contribution >= 0.6 is 0 Å². The van der Waals surface area contributed by atoms with Crippen LogP contribution in [0.2, 0.25) is 0 Å². The van der Waals surface area contributed by atoms with Crippen molar-refractivity contribution in [3.05, 3.63) is 124 Å². The molecule has 62 heavy (non-hydrogen) atoms. The van der Waals surface area contributed by atoms with E-state index in [0.717, 1.165) is 95.7 Å². The second-order valence-corrected chi connectivity index (χ2v) is 21.8. The van der Waals surface area contributed by atoms with Crippen LogP contribution in [0.15, 0.2) is 112 Å². The van der Waals surface area contributed by atoms with E-state index in [1.54, 1.807) is 18.2 Å². The van der Waals surface area contributed by atoms with E-state index in [1.165, 1.54) is 25.1 Å². The highest BCUT2D eigenvalue weighted by molar-refractivity contribution is 7.86. The number of hydrogen-bond donors (Lipinski definition) is 3. The molecule has 2 aliphatic heterocycles. The van der Waals surface area contributed by atoms with E-state index in [1.807, 2.05) is 49.1 Å². The fourth-order valence-corrected chi connectivity index (χ4v) is 10.6. The van der Waals surface area contributed by atoms with E-state index in [9.17, 15) is 43.7 Å². The maximum absolute atomic E-state index is 12.3. The largest absolute Gasteiger partial charge is 0.344 e. The second kappa shape index (κ2) is 17.9. The van der Waals surface area contributed by atoms with Gasteiger partial charge in [-0.2, -0.15) is 29.8 Å². The van der Waals surface area contributed by atoms with Crippen LogP contribution in [0.25, 0.3) is 5.57 Å². The molecule has 0 radical (unpaired) electrons. The zero-order chi connectivity index (χ0) is 45.4. The number of anilines is 1. The van der Waals surface area contributed by atoms with Gasteiger partial charge in [0.2, 0.25) is 5.69 Å². The van der Waals surface area contributed by atoms with Crippen LogP contribution in [0.4, 0.5) is 11.4 Å². The Morgan fingerprint density at radius 3 is 2.02 bits per heavy atom. The molecule has 332 valence electrons. The van der Waals surface area contributed by atoms with Crippen molar-refractivity contribution < 1.29 is 48.3 Å². The number of allylic oxidation sites excluding steroid dienone is 8. The van der Waals surface area contributed by atoms with Crippen LogP contribution in [-0.2, 0) is 41.2 Å². The first-order valence-electron chi connectivity index (χ1n) is 21.0. The standard InChI is InChI=1S/C47H56N2O10S3/c1-7-8-9-27-48-41-23-21-37(61(54,55)56)30-39(41)46(3,4)43(48)25-19-34-13-12-14-35(45(34)36-17-15-33(16-18-36)32(2)50)20-26-44-47(5,6)40-31-38(62(57,58)59)22-24-42(40)49(44)28-10-11-29-60(51,52)53/h15-26,30-31H,7-14,27-29H2,1-6H3,(H2-,51,52,53,54,55,56,57,58,59)/p+1. The number of hydrogen-bond acceptors (Lipinski definition) is 8. The lowest BCUT2D eigenvalue weighted by atomic mass is 9.79. The third kappa shape index (κ3) is 9.98. The summed E-state index contributed by atoms with van der Waals surface area (Å²) in [6, 6.07) is 16.8. The molecule has 12 nitrogen and oxygen atoms in total. The number of rotatable bonds is 16. The monoisotopic (exact) mass is 905 g/mol. The van der Waals surface area contributed by atoms with Gasteiger partial charge < -0.3 is 4.90 Å². The Morgan fingerprint density at radius 2 is 1.40 bits per heavy atom. The predicted octanol–water partition coefficient (Wildman–Crippen LogP) is 9.42. The smallest absolute Gasteiger partial charge is 0.294 e. The summed E-state index contributed by atoms with van der Waals surface area (Å²) in [6.07, 6.45) is 14.3. The van der Waals surface area contributed by atoms with Crippen molar-refractivity contribution in [1.29, 1.82) is 0 Å². The van der Waals surface area contributed by atoms with Crippen LogP contribution in [-0.4, -0.2) is 73.8 Å². The molecule has 0 bridgehead atoms. The summed E-state index contributed by atoms with van der Waals surface area (Å²) in [5, 5.41) is 0. The van der Waals surface area contributed by atoms with Crippen LogP contribution in [0.3, 0.4) is 0 Å².